The van der Waals surface area contributed by atoms with Crippen molar-refractivity contribution in [3.63, 3.8) is 0 Å². The van der Waals surface area contributed by atoms with Crippen LogP contribution >= 0.6 is 0 Å². The first-order chi connectivity index (χ1) is 14.4. The molecule has 9 heteroatoms. The molecule has 164 valence electrons. The van der Waals surface area contributed by atoms with Crippen LogP contribution in [0.2, 0.25) is 0 Å². The van der Waals surface area contributed by atoms with E-state index in [0.29, 0.717) is 37.5 Å². The summed E-state index contributed by atoms with van der Waals surface area (Å²) in [7, 11) is 0. The molecular weight excluding hydrogens is 388 g/mol. The Bertz CT molecular complexity index is 750. The third-order valence-electron chi connectivity index (χ3n) is 4.68. The number of ether oxygens (including phenoxy) is 1. The van der Waals surface area contributed by atoms with Crippen LogP contribution in [0.1, 0.15) is 39.5 Å². The lowest BCUT2D eigenvalue weighted by Gasteiger charge is -2.33. The lowest BCUT2D eigenvalue weighted by atomic mass is 10.1. The number of carbonyl (C=O) groups is 4. The van der Waals surface area contributed by atoms with Gasteiger partial charge in [-0.3, -0.25) is 24.1 Å². The van der Waals surface area contributed by atoms with Crippen LogP contribution in [0.3, 0.4) is 0 Å². The number of piperazine rings is 1. The molecule has 1 aromatic carbocycles. The normalized spacial score (nSPS) is 16.5. The minimum atomic E-state index is -0.731. The summed E-state index contributed by atoms with van der Waals surface area (Å²) in [4.78, 5) is 49.8. The second-order valence-electron chi connectivity index (χ2n) is 7.08. The third-order valence-corrected chi connectivity index (χ3v) is 4.68. The quantitative estimate of drug-likeness (QED) is 0.392. The second-order valence-corrected chi connectivity index (χ2v) is 7.08. The van der Waals surface area contributed by atoms with Crippen molar-refractivity contribution in [2.45, 2.75) is 45.6 Å². The first-order valence-corrected chi connectivity index (χ1v) is 10.3. The summed E-state index contributed by atoms with van der Waals surface area (Å²) in [6.07, 6.45) is 1.98. The van der Waals surface area contributed by atoms with Crippen LogP contribution in [0.25, 0.3) is 0 Å². The van der Waals surface area contributed by atoms with Gasteiger partial charge in [0.05, 0.1) is 19.6 Å². The molecule has 9 nitrogen and oxygen atoms in total. The van der Waals surface area contributed by atoms with E-state index in [4.69, 9.17) is 4.74 Å². The molecule has 0 bridgehead atoms. The highest BCUT2D eigenvalue weighted by atomic mass is 16.5. The molecule has 0 radical (unpaired) electrons. The van der Waals surface area contributed by atoms with Crippen LogP contribution in [0.15, 0.2) is 24.3 Å². The predicted octanol–water partition coefficient (Wildman–Crippen LogP) is 1.51. The highest BCUT2D eigenvalue weighted by Gasteiger charge is 2.33. The SMILES string of the molecule is CCCCOC(=O)CC1C(=O)NCCN1CC(=O)Nc1ccc(NC(=O)CC)cc1. The number of hydrogen-bond acceptors (Lipinski definition) is 6. The fraction of sp³-hybridized carbons (Fsp3) is 0.524. The minimum absolute atomic E-state index is 0.0192. The van der Waals surface area contributed by atoms with E-state index < -0.39 is 12.0 Å². The number of nitrogens with one attached hydrogen (secondary N) is 3. The first kappa shape index (κ1) is 23.3. The molecule has 0 aliphatic carbocycles. The number of esters is 1. The number of nitrogens with zero attached hydrogens (tertiary/aromatic N) is 1. The highest BCUT2D eigenvalue weighted by molar-refractivity contribution is 5.94. The van der Waals surface area contributed by atoms with E-state index in [1.54, 1.807) is 36.1 Å². The average molecular weight is 418 g/mol. The summed E-state index contributed by atoms with van der Waals surface area (Å²) >= 11 is 0. The van der Waals surface area contributed by atoms with Gasteiger partial charge in [-0.2, -0.15) is 0 Å². The van der Waals surface area contributed by atoms with Gasteiger partial charge in [-0.25, -0.2) is 0 Å². The molecule has 3 amide bonds. The van der Waals surface area contributed by atoms with E-state index in [1.807, 2.05) is 6.92 Å². The van der Waals surface area contributed by atoms with Crippen molar-refractivity contribution in [3.8, 4) is 0 Å². The number of amides is 3. The molecule has 0 aromatic heterocycles. The van der Waals surface area contributed by atoms with Gasteiger partial charge in [0.1, 0.15) is 6.04 Å². The van der Waals surface area contributed by atoms with E-state index >= 15 is 0 Å². The Kier molecular flexibility index (Phi) is 9.27. The zero-order valence-corrected chi connectivity index (χ0v) is 17.5. The van der Waals surface area contributed by atoms with Crippen LogP contribution in [0.5, 0.6) is 0 Å². The summed E-state index contributed by atoms with van der Waals surface area (Å²) in [6.45, 7) is 4.96. The van der Waals surface area contributed by atoms with Crippen molar-refractivity contribution >= 4 is 35.1 Å². The van der Waals surface area contributed by atoms with Crippen molar-refractivity contribution in [2.75, 3.05) is 36.9 Å². The topological polar surface area (TPSA) is 117 Å². The largest absolute Gasteiger partial charge is 0.466 e. The van der Waals surface area contributed by atoms with Gasteiger partial charge in [0, 0.05) is 30.9 Å². The predicted molar refractivity (Wildman–Crippen MR) is 113 cm³/mol. The van der Waals surface area contributed by atoms with Gasteiger partial charge in [0.15, 0.2) is 0 Å². The maximum Gasteiger partial charge on any atom is 0.307 e. The molecule has 1 fully saturated rings. The zero-order valence-electron chi connectivity index (χ0n) is 17.5. The summed E-state index contributed by atoms with van der Waals surface area (Å²) in [5, 5.41) is 8.24. The molecule has 1 saturated heterocycles. The van der Waals surface area contributed by atoms with Crippen molar-refractivity contribution in [3.05, 3.63) is 24.3 Å². The van der Waals surface area contributed by atoms with E-state index in [2.05, 4.69) is 16.0 Å². The fourth-order valence-electron chi connectivity index (χ4n) is 2.99. The number of anilines is 2. The van der Waals surface area contributed by atoms with Gasteiger partial charge in [0.25, 0.3) is 0 Å². The van der Waals surface area contributed by atoms with Crippen molar-refractivity contribution < 1.29 is 23.9 Å². The van der Waals surface area contributed by atoms with E-state index in [1.165, 1.54) is 0 Å². The lowest BCUT2D eigenvalue weighted by molar-refractivity contribution is -0.149. The van der Waals surface area contributed by atoms with Crippen LogP contribution < -0.4 is 16.0 Å². The maximum absolute atomic E-state index is 12.5. The van der Waals surface area contributed by atoms with E-state index in [-0.39, 0.29) is 30.7 Å². The molecule has 2 rings (SSSR count). The number of hydrogen-bond donors (Lipinski definition) is 3. The monoisotopic (exact) mass is 418 g/mol. The minimum Gasteiger partial charge on any atom is -0.466 e. The molecule has 0 saturated carbocycles. The van der Waals surface area contributed by atoms with Crippen molar-refractivity contribution in [1.82, 2.24) is 10.2 Å². The molecule has 1 atom stereocenters. The van der Waals surface area contributed by atoms with Gasteiger partial charge in [-0.15, -0.1) is 0 Å². The van der Waals surface area contributed by atoms with E-state index in [0.717, 1.165) is 12.8 Å². The second kappa shape index (κ2) is 11.9. The van der Waals surface area contributed by atoms with Crippen LogP contribution in [0, 0.1) is 0 Å². The Labute approximate surface area is 176 Å². The number of benzene rings is 1. The van der Waals surface area contributed by atoms with E-state index in [9.17, 15) is 19.2 Å². The number of unbranched alkanes of at least 4 members (excludes halogenated alkanes) is 1. The van der Waals surface area contributed by atoms with Crippen LogP contribution in [0.4, 0.5) is 11.4 Å². The number of rotatable bonds is 10. The summed E-state index contributed by atoms with van der Waals surface area (Å²) in [5.41, 5.74) is 1.22. The Balaban J connectivity index is 1.90. The first-order valence-electron chi connectivity index (χ1n) is 10.3. The molecule has 1 heterocycles. The smallest absolute Gasteiger partial charge is 0.307 e. The average Bonchev–Trinajstić information content (AvgIpc) is 2.72. The van der Waals surface area contributed by atoms with Gasteiger partial charge in [-0.05, 0) is 30.7 Å². The molecule has 1 unspecified atom stereocenters. The van der Waals surface area contributed by atoms with Gasteiger partial charge in [0.2, 0.25) is 17.7 Å². The standard InChI is InChI=1S/C21H30N4O5/c1-3-5-12-30-20(28)13-17-21(29)22-10-11-25(17)14-19(27)24-16-8-6-15(7-9-16)23-18(26)4-2/h6-9,17H,3-5,10-14H2,1-2H3,(H,22,29)(H,23,26)(H,24,27). The molecule has 1 aliphatic rings. The van der Waals surface area contributed by atoms with Gasteiger partial charge in [-0.1, -0.05) is 20.3 Å². The van der Waals surface area contributed by atoms with Gasteiger partial charge >= 0.3 is 5.97 Å². The molecular formula is C21H30N4O5. The van der Waals surface area contributed by atoms with Crippen LogP contribution in [-0.2, 0) is 23.9 Å². The zero-order chi connectivity index (χ0) is 21.9. The lowest BCUT2D eigenvalue weighted by Crippen LogP contribution is -2.57. The summed E-state index contributed by atoms with van der Waals surface area (Å²) in [5.74, 6) is -1.10. The number of carbonyl (C=O) groups excluding carboxylic acids is 4. The van der Waals surface area contributed by atoms with Crippen molar-refractivity contribution in [2.24, 2.45) is 0 Å². The summed E-state index contributed by atoms with van der Waals surface area (Å²) in [6, 6.07) is 6.05. The summed E-state index contributed by atoms with van der Waals surface area (Å²) < 4.78 is 5.15. The molecule has 1 aromatic rings. The molecule has 1 aliphatic heterocycles. The maximum atomic E-state index is 12.5. The fourth-order valence-corrected chi connectivity index (χ4v) is 2.99. The molecule has 30 heavy (non-hydrogen) atoms. The Morgan fingerprint density at radius 1 is 1.10 bits per heavy atom. The highest BCUT2D eigenvalue weighted by Crippen LogP contribution is 2.15. The van der Waals surface area contributed by atoms with Crippen molar-refractivity contribution in [1.29, 1.82) is 0 Å². The Hall–Kier alpha value is -2.94. The van der Waals surface area contributed by atoms with Gasteiger partial charge < -0.3 is 20.7 Å². The van der Waals surface area contributed by atoms with Crippen LogP contribution in [-0.4, -0.2) is 60.9 Å². The Morgan fingerprint density at radius 2 is 1.73 bits per heavy atom. The Morgan fingerprint density at radius 3 is 2.33 bits per heavy atom. The molecule has 3 N–H and O–H groups in total. The molecule has 0 spiro atoms. The third kappa shape index (κ3) is 7.47.